The molecule has 0 aliphatic heterocycles. The Morgan fingerprint density at radius 2 is 2.05 bits per heavy atom. The van der Waals surface area contributed by atoms with E-state index in [-0.39, 0.29) is 11.9 Å². The third-order valence-corrected chi connectivity index (χ3v) is 4.21. The highest BCUT2D eigenvalue weighted by Gasteiger charge is 2.25. The van der Waals surface area contributed by atoms with Gasteiger partial charge in [0.05, 0.1) is 17.3 Å². The molecule has 2 rings (SSSR count). The van der Waals surface area contributed by atoms with Gasteiger partial charge in [0.25, 0.3) is 0 Å². The van der Waals surface area contributed by atoms with Crippen molar-refractivity contribution >= 4 is 43.5 Å². The number of carbonyl (C=O) groups excluding carboxylic acids is 1. The Balaban J connectivity index is 2.06. The van der Waals surface area contributed by atoms with Gasteiger partial charge in [-0.2, -0.15) is 0 Å². The van der Waals surface area contributed by atoms with Crippen LogP contribution in [-0.2, 0) is 4.79 Å². The van der Waals surface area contributed by atoms with Crippen molar-refractivity contribution in [2.24, 2.45) is 0 Å². The Hall–Kier alpha value is -0.750. The van der Waals surface area contributed by atoms with Crippen molar-refractivity contribution in [3.05, 3.63) is 21.1 Å². The summed E-state index contributed by atoms with van der Waals surface area (Å²) in [6, 6.07) is 3.84. The molecule has 0 saturated heterocycles. The molecule has 1 atom stereocenters. The minimum absolute atomic E-state index is 0.0243. The number of ether oxygens (including phenoxy) is 1. The van der Waals surface area contributed by atoms with Gasteiger partial charge in [0, 0.05) is 16.6 Å². The molecule has 6 heteroatoms. The van der Waals surface area contributed by atoms with Crippen LogP contribution in [0.15, 0.2) is 21.1 Å². The summed E-state index contributed by atoms with van der Waals surface area (Å²) in [6.45, 7) is 1.85. The zero-order valence-corrected chi connectivity index (χ0v) is 14.0. The zero-order valence-electron chi connectivity index (χ0n) is 10.8. The van der Waals surface area contributed by atoms with Gasteiger partial charge in [-0.1, -0.05) is 0 Å². The number of amides is 1. The van der Waals surface area contributed by atoms with Crippen LogP contribution in [0.3, 0.4) is 0 Å². The highest BCUT2D eigenvalue weighted by molar-refractivity contribution is 9.11. The number of methoxy groups -OCH3 is 1. The predicted octanol–water partition coefficient (Wildman–Crippen LogP) is 3.30. The van der Waals surface area contributed by atoms with Crippen molar-refractivity contribution in [3.8, 4) is 5.75 Å². The van der Waals surface area contributed by atoms with Crippen LogP contribution >= 0.6 is 31.9 Å². The first-order valence-electron chi connectivity index (χ1n) is 6.11. The van der Waals surface area contributed by atoms with Crippen molar-refractivity contribution < 1.29 is 9.53 Å². The Kier molecular flexibility index (Phi) is 4.73. The molecule has 2 N–H and O–H groups in total. The molecular formula is C13H16Br2N2O2. The lowest BCUT2D eigenvalue weighted by atomic mass is 10.2. The van der Waals surface area contributed by atoms with Crippen LogP contribution in [0.1, 0.15) is 19.8 Å². The molecule has 1 aromatic rings. The van der Waals surface area contributed by atoms with E-state index in [1.807, 2.05) is 19.1 Å². The maximum absolute atomic E-state index is 11.9. The number of nitrogens with one attached hydrogen (secondary N) is 2. The third kappa shape index (κ3) is 3.86. The monoisotopic (exact) mass is 390 g/mol. The average Bonchev–Trinajstić information content (AvgIpc) is 3.16. The van der Waals surface area contributed by atoms with Gasteiger partial charge in [0.2, 0.25) is 5.91 Å². The fraction of sp³-hybridized carbons (Fsp3) is 0.462. The number of halogens is 2. The molecule has 1 amide bonds. The Labute approximate surface area is 129 Å². The van der Waals surface area contributed by atoms with E-state index in [1.54, 1.807) is 7.11 Å². The zero-order chi connectivity index (χ0) is 14.0. The number of hydrogen-bond donors (Lipinski definition) is 2. The van der Waals surface area contributed by atoms with Crippen molar-refractivity contribution in [1.29, 1.82) is 0 Å². The third-order valence-electron chi connectivity index (χ3n) is 2.93. The van der Waals surface area contributed by atoms with Crippen molar-refractivity contribution in [2.75, 3.05) is 12.4 Å². The second-order valence-corrected chi connectivity index (χ2v) is 6.32. The van der Waals surface area contributed by atoms with E-state index >= 15 is 0 Å². The molecule has 0 radical (unpaired) electrons. The summed E-state index contributed by atoms with van der Waals surface area (Å²) in [5.41, 5.74) is 0.832. The summed E-state index contributed by atoms with van der Waals surface area (Å²) in [7, 11) is 1.61. The molecule has 1 unspecified atom stereocenters. The first-order chi connectivity index (χ1) is 9.01. The maximum Gasteiger partial charge on any atom is 0.242 e. The van der Waals surface area contributed by atoms with Gasteiger partial charge in [-0.25, -0.2) is 0 Å². The van der Waals surface area contributed by atoms with Crippen molar-refractivity contribution in [3.63, 3.8) is 0 Å². The molecule has 19 heavy (non-hydrogen) atoms. The van der Waals surface area contributed by atoms with Crippen molar-refractivity contribution in [1.82, 2.24) is 5.32 Å². The highest BCUT2D eigenvalue weighted by atomic mass is 79.9. The van der Waals surface area contributed by atoms with Gasteiger partial charge < -0.3 is 15.4 Å². The molecule has 0 heterocycles. The number of hydrogen-bond acceptors (Lipinski definition) is 3. The second kappa shape index (κ2) is 6.13. The minimum atomic E-state index is -0.289. The van der Waals surface area contributed by atoms with Crippen LogP contribution in [0, 0.1) is 0 Å². The standard InChI is InChI=1S/C13H16Br2N2O2/c1-7(13(18)17-8-3-4-8)16-11-6-12(19-2)10(15)5-9(11)14/h5-8,16H,3-4H2,1-2H3,(H,17,18). The summed E-state index contributed by atoms with van der Waals surface area (Å²) >= 11 is 6.89. The fourth-order valence-electron chi connectivity index (χ4n) is 1.65. The molecule has 104 valence electrons. The summed E-state index contributed by atoms with van der Waals surface area (Å²) in [6.07, 6.45) is 2.18. The topological polar surface area (TPSA) is 50.4 Å². The lowest BCUT2D eigenvalue weighted by Gasteiger charge is -2.17. The molecule has 0 aromatic heterocycles. The molecule has 0 bridgehead atoms. The van der Waals surface area contributed by atoms with E-state index in [9.17, 15) is 4.79 Å². The second-order valence-electron chi connectivity index (χ2n) is 4.62. The van der Waals surface area contributed by atoms with Crippen LogP contribution in [0.5, 0.6) is 5.75 Å². The molecule has 1 aliphatic rings. The first-order valence-corrected chi connectivity index (χ1v) is 7.70. The molecule has 1 fully saturated rings. The lowest BCUT2D eigenvalue weighted by Crippen LogP contribution is -2.38. The molecule has 1 aromatic carbocycles. The Morgan fingerprint density at radius 3 is 2.63 bits per heavy atom. The number of carbonyl (C=O) groups is 1. The number of benzene rings is 1. The summed E-state index contributed by atoms with van der Waals surface area (Å²) in [4.78, 5) is 11.9. The van der Waals surface area contributed by atoms with Gasteiger partial charge in [0.15, 0.2) is 0 Å². The maximum atomic E-state index is 11.9. The lowest BCUT2D eigenvalue weighted by molar-refractivity contribution is -0.121. The molecule has 1 saturated carbocycles. The van der Waals surface area contributed by atoms with E-state index < -0.39 is 0 Å². The highest BCUT2D eigenvalue weighted by Crippen LogP contribution is 2.34. The minimum Gasteiger partial charge on any atom is -0.495 e. The first kappa shape index (κ1) is 14.7. The van der Waals surface area contributed by atoms with Gasteiger partial charge in [0.1, 0.15) is 11.8 Å². The van der Waals surface area contributed by atoms with Gasteiger partial charge in [-0.15, -0.1) is 0 Å². The number of anilines is 1. The van der Waals surface area contributed by atoms with E-state index in [1.165, 1.54) is 0 Å². The summed E-state index contributed by atoms with van der Waals surface area (Å²) in [5, 5.41) is 6.16. The van der Waals surface area contributed by atoms with Crippen molar-refractivity contribution in [2.45, 2.75) is 31.8 Å². The fourth-order valence-corrected chi connectivity index (χ4v) is 2.92. The SMILES string of the molecule is COc1cc(NC(C)C(=O)NC2CC2)c(Br)cc1Br. The molecular weight excluding hydrogens is 376 g/mol. The van der Waals surface area contributed by atoms with Crippen LogP contribution in [0.4, 0.5) is 5.69 Å². The van der Waals surface area contributed by atoms with Gasteiger partial charge in [-0.05, 0) is 57.7 Å². The average molecular weight is 392 g/mol. The van der Waals surface area contributed by atoms with Crippen LogP contribution in [0.25, 0.3) is 0 Å². The predicted molar refractivity (Wildman–Crippen MR) is 82.6 cm³/mol. The van der Waals surface area contributed by atoms with Crippen LogP contribution in [-0.4, -0.2) is 25.1 Å². The molecule has 1 aliphatic carbocycles. The normalized spacial score (nSPS) is 15.8. The summed E-state index contributed by atoms with van der Waals surface area (Å²) < 4.78 is 6.99. The van der Waals surface area contributed by atoms with Crippen LogP contribution in [0.2, 0.25) is 0 Å². The van der Waals surface area contributed by atoms with E-state index in [4.69, 9.17) is 4.74 Å². The van der Waals surface area contributed by atoms with E-state index in [0.29, 0.717) is 6.04 Å². The van der Waals surface area contributed by atoms with E-state index in [2.05, 4.69) is 42.5 Å². The van der Waals surface area contributed by atoms with E-state index in [0.717, 1.165) is 33.2 Å². The number of rotatable bonds is 5. The molecule has 4 nitrogen and oxygen atoms in total. The Bertz CT molecular complexity index is 490. The van der Waals surface area contributed by atoms with Crippen LogP contribution < -0.4 is 15.4 Å². The quantitative estimate of drug-likeness (QED) is 0.809. The van der Waals surface area contributed by atoms with Gasteiger partial charge >= 0.3 is 0 Å². The van der Waals surface area contributed by atoms with Gasteiger partial charge in [-0.3, -0.25) is 4.79 Å². The smallest absolute Gasteiger partial charge is 0.242 e. The summed E-state index contributed by atoms with van der Waals surface area (Å²) in [5.74, 6) is 0.747. The largest absolute Gasteiger partial charge is 0.495 e. The Morgan fingerprint density at radius 1 is 1.37 bits per heavy atom. The molecule has 0 spiro atoms.